The zero-order valence-corrected chi connectivity index (χ0v) is 25.8. The molecule has 0 spiro atoms. The van der Waals surface area contributed by atoms with E-state index in [4.69, 9.17) is 14.2 Å². The zero-order chi connectivity index (χ0) is 28.8. The predicted molar refractivity (Wildman–Crippen MR) is 150 cm³/mol. The molecule has 6 nitrogen and oxygen atoms in total. The van der Waals surface area contributed by atoms with Crippen molar-refractivity contribution in [3.8, 4) is 0 Å². The van der Waals surface area contributed by atoms with Gasteiger partial charge in [0.05, 0.1) is 5.41 Å². The maximum atomic E-state index is 12.6. The molecule has 9 atom stereocenters. The summed E-state index contributed by atoms with van der Waals surface area (Å²) in [6, 6.07) is 0. The first-order valence-electron chi connectivity index (χ1n) is 15.8. The van der Waals surface area contributed by atoms with E-state index in [2.05, 4.69) is 34.6 Å². The van der Waals surface area contributed by atoms with Gasteiger partial charge in [0.2, 0.25) is 0 Å². The molecule has 0 aliphatic heterocycles. The lowest BCUT2D eigenvalue weighted by atomic mass is 9.42. The molecule has 4 aliphatic rings. The van der Waals surface area contributed by atoms with E-state index in [0.29, 0.717) is 23.7 Å². The third kappa shape index (κ3) is 5.27. The Morgan fingerprint density at radius 1 is 0.769 bits per heavy atom. The fourth-order valence-corrected chi connectivity index (χ4v) is 10.5. The summed E-state index contributed by atoms with van der Waals surface area (Å²) >= 11 is 0. The van der Waals surface area contributed by atoms with Crippen molar-refractivity contribution in [2.24, 2.45) is 52.3 Å². The zero-order valence-electron chi connectivity index (χ0n) is 25.8. The Morgan fingerprint density at radius 2 is 1.41 bits per heavy atom. The lowest BCUT2D eigenvalue weighted by Gasteiger charge is -2.65. The molecule has 39 heavy (non-hydrogen) atoms. The van der Waals surface area contributed by atoms with Gasteiger partial charge in [-0.1, -0.05) is 53.9 Å². The summed E-state index contributed by atoms with van der Waals surface area (Å²) in [5, 5.41) is 0. The number of fused-ring (bicyclic) bond motifs is 5. The van der Waals surface area contributed by atoms with Crippen LogP contribution in [0.2, 0.25) is 0 Å². The number of esters is 3. The molecule has 4 fully saturated rings. The van der Waals surface area contributed by atoms with Crippen LogP contribution in [0.4, 0.5) is 0 Å². The third-order valence-corrected chi connectivity index (χ3v) is 12.0. The Morgan fingerprint density at radius 3 is 2.00 bits per heavy atom. The van der Waals surface area contributed by atoms with Gasteiger partial charge in [-0.25, -0.2) is 0 Å². The summed E-state index contributed by atoms with van der Waals surface area (Å²) in [6.07, 6.45) is 11.4. The first kappa shape index (κ1) is 30.4. The SMILES string of the molecule is CC(=O)OC1CC[C@@H]2CC[C@H]3[C@@H]4CC[C@H]([C@H](C)CCCC(C)C)[C@@]4(C)CC[C@@H]3[C@@]2(C)C1(OC(C)=O)OC(C)=O. The molecule has 0 aromatic carbocycles. The summed E-state index contributed by atoms with van der Waals surface area (Å²) < 4.78 is 18.1. The van der Waals surface area contributed by atoms with Gasteiger partial charge in [-0.15, -0.1) is 0 Å². The van der Waals surface area contributed by atoms with Crippen molar-refractivity contribution >= 4 is 17.9 Å². The smallest absolute Gasteiger partial charge is 0.306 e. The van der Waals surface area contributed by atoms with Gasteiger partial charge in [-0.2, -0.15) is 0 Å². The number of carbonyl (C=O) groups is 3. The maximum absolute atomic E-state index is 12.6. The summed E-state index contributed by atoms with van der Waals surface area (Å²) in [5.41, 5.74) is -0.301. The molecule has 1 unspecified atom stereocenters. The molecule has 4 rings (SSSR count). The van der Waals surface area contributed by atoms with E-state index in [0.717, 1.165) is 43.4 Å². The molecule has 0 aromatic heterocycles. The van der Waals surface area contributed by atoms with Crippen LogP contribution in [0.5, 0.6) is 0 Å². The summed E-state index contributed by atoms with van der Waals surface area (Å²) in [7, 11) is 0. The highest BCUT2D eigenvalue weighted by Crippen LogP contribution is 2.70. The van der Waals surface area contributed by atoms with Gasteiger partial charge in [-0.05, 0) is 98.2 Å². The minimum atomic E-state index is -1.60. The highest BCUT2D eigenvalue weighted by molar-refractivity contribution is 5.70. The fourth-order valence-electron chi connectivity index (χ4n) is 10.5. The summed E-state index contributed by atoms with van der Waals surface area (Å²) in [4.78, 5) is 37.5. The van der Waals surface area contributed by atoms with E-state index in [1.807, 2.05) is 0 Å². The van der Waals surface area contributed by atoms with Gasteiger partial charge >= 0.3 is 17.9 Å². The molecule has 4 saturated carbocycles. The Bertz CT molecular complexity index is 911. The summed E-state index contributed by atoms with van der Waals surface area (Å²) in [6.45, 7) is 16.0. The average Bonchev–Trinajstić information content (AvgIpc) is 3.17. The van der Waals surface area contributed by atoms with Crippen LogP contribution < -0.4 is 0 Å². The van der Waals surface area contributed by atoms with Crippen molar-refractivity contribution in [1.29, 1.82) is 0 Å². The monoisotopic (exact) mass is 546 g/mol. The van der Waals surface area contributed by atoms with Crippen molar-refractivity contribution < 1.29 is 28.6 Å². The standard InChI is InChI=1S/C33H54O6/c1-20(2)10-9-11-21(3)27-15-16-28-26-14-12-25-13-17-30(37-22(4)34)33(38-23(5)35,39-24(6)36)32(25,8)29(26)18-19-31(27,28)7/h20-21,25-30H,9-19H2,1-8H3/t21-,25+,26+,27-,28+,29+,30?,31-,32+/m1/s1. The molecular weight excluding hydrogens is 492 g/mol. The molecule has 6 heteroatoms. The number of rotatable bonds is 8. The molecule has 0 bridgehead atoms. The van der Waals surface area contributed by atoms with Crippen LogP contribution in [0.25, 0.3) is 0 Å². The maximum Gasteiger partial charge on any atom is 0.306 e. The first-order chi connectivity index (χ1) is 18.3. The second-order valence-corrected chi connectivity index (χ2v) is 14.5. The van der Waals surface area contributed by atoms with Crippen LogP contribution in [0.3, 0.4) is 0 Å². The van der Waals surface area contributed by atoms with E-state index in [9.17, 15) is 14.4 Å². The quantitative estimate of drug-likeness (QED) is 0.232. The molecule has 0 heterocycles. The van der Waals surface area contributed by atoms with Gasteiger partial charge in [0.15, 0.2) is 6.10 Å². The van der Waals surface area contributed by atoms with Crippen LogP contribution in [0.1, 0.15) is 126 Å². The Kier molecular flexibility index (Phi) is 8.84. The molecule has 4 aliphatic carbocycles. The highest BCUT2D eigenvalue weighted by Gasteiger charge is 2.73. The highest BCUT2D eigenvalue weighted by atomic mass is 16.8. The predicted octanol–water partition coefficient (Wildman–Crippen LogP) is 7.47. The number of hydrogen-bond acceptors (Lipinski definition) is 6. The van der Waals surface area contributed by atoms with Gasteiger partial charge < -0.3 is 14.2 Å². The van der Waals surface area contributed by atoms with Crippen LogP contribution >= 0.6 is 0 Å². The Hall–Kier alpha value is -1.59. The number of ether oxygens (including phenoxy) is 3. The molecule has 0 radical (unpaired) electrons. The van der Waals surface area contributed by atoms with Crippen molar-refractivity contribution in [2.45, 2.75) is 138 Å². The van der Waals surface area contributed by atoms with Crippen LogP contribution in [0, 0.1) is 52.3 Å². The van der Waals surface area contributed by atoms with Crippen molar-refractivity contribution in [3.05, 3.63) is 0 Å². The van der Waals surface area contributed by atoms with Crippen LogP contribution in [-0.4, -0.2) is 29.8 Å². The lowest BCUT2D eigenvalue weighted by Crippen LogP contribution is -2.71. The molecular formula is C33H54O6. The van der Waals surface area contributed by atoms with E-state index in [1.165, 1.54) is 59.3 Å². The Balaban J connectivity index is 1.68. The van der Waals surface area contributed by atoms with E-state index in [-0.39, 0.29) is 11.8 Å². The number of hydrogen-bond donors (Lipinski definition) is 0. The van der Waals surface area contributed by atoms with Crippen molar-refractivity contribution in [1.82, 2.24) is 0 Å². The first-order valence-corrected chi connectivity index (χ1v) is 15.8. The van der Waals surface area contributed by atoms with E-state index in [1.54, 1.807) is 0 Å². The molecule has 0 N–H and O–H groups in total. The van der Waals surface area contributed by atoms with Crippen molar-refractivity contribution in [2.75, 3.05) is 0 Å². The number of carbonyl (C=O) groups excluding carboxylic acids is 3. The molecule has 0 amide bonds. The molecule has 0 aromatic rings. The second kappa shape index (κ2) is 11.4. The molecule has 0 saturated heterocycles. The second-order valence-electron chi connectivity index (χ2n) is 14.5. The van der Waals surface area contributed by atoms with E-state index >= 15 is 0 Å². The third-order valence-electron chi connectivity index (χ3n) is 12.0. The van der Waals surface area contributed by atoms with Gasteiger partial charge in [0, 0.05) is 20.8 Å². The van der Waals surface area contributed by atoms with Crippen LogP contribution in [0.15, 0.2) is 0 Å². The molecule has 222 valence electrons. The van der Waals surface area contributed by atoms with Crippen molar-refractivity contribution in [3.63, 3.8) is 0 Å². The van der Waals surface area contributed by atoms with Gasteiger partial charge in [-0.3, -0.25) is 14.4 Å². The normalized spacial score (nSPS) is 39.6. The fraction of sp³-hybridized carbons (Fsp3) is 0.909. The average molecular weight is 547 g/mol. The van der Waals surface area contributed by atoms with Crippen LogP contribution in [-0.2, 0) is 28.6 Å². The lowest BCUT2D eigenvalue weighted by molar-refractivity contribution is -0.354. The minimum Gasteiger partial charge on any atom is -0.454 e. The van der Waals surface area contributed by atoms with Gasteiger partial charge in [0.1, 0.15) is 0 Å². The topological polar surface area (TPSA) is 78.9 Å². The van der Waals surface area contributed by atoms with Gasteiger partial charge in [0.25, 0.3) is 5.79 Å². The van der Waals surface area contributed by atoms with E-state index < -0.39 is 35.2 Å². The Labute approximate surface area is 236 Å². The summed E-state index contributed by atoms with van der Waals surface area (Å²) in [5.74, 6) is 0.756. The largest absolute Gasteiger partial charge is 0.454 e. The minimum absolute atomic E-state index is 0.237.